The molecule has 5 rings (SSSR count). The predicted molar refractivity (Wildman–Crippen MR) is 156 cm³/mol. The van der Waals surface area contributed by atoms with Crippen LogP contribution in [0.1, 0.15) is 54.5 Å². The Balaban J connectivity index is 1.55. The fourth-order valence-electron chi connectivity index (χ4n) is 6.20. The van der Waals surface area contributed by atoms with Crippen LogP contribution in [0.4, 0.5) is 4.39 Å². The quantitative estimate of drug-likeness (QED) is 0.278. The standard InChI is InChI=1S/C33H36Cl2FN/c1-22(2)28-14-12-25-6-3-4-7-29(25)32(33(28)30-15-13-27(34)19-31(30)35)26-10-8-23(9-11-26)18-24-20-37(21-24)17-5-16-36/h3-4,6-11,13,15,19,22,24,28H,5,12,14,16-18,20-21H2,1-2H3. The molecule has 3 aromatic carbocycles. The molecular weight excluding hydrogens is 500 g/mol. The van der Waals surface area contributed by atoms with Gasteiger partial charge >= 0.3 is 0 Å². The highest BCUT2D eigenvalue weighted by atomic mass is 35.5. The van der Waals surface area contributed by atoms with Gasteiger partial charge in [-0.15, -0.1) is 0 Å². The first-order valence-electron chi connectivity index (χ1n) is 13.6. The molecular formula is C33H36Cl2FN. The van der Waals surface area contributed by atoms with E-state index in [9.17, 15) is 4.39 Å². The van der Waals surface area contributed by atoms with E-state index in [4.69, 9.17) is 23.2 Å². The van der Waals surface area contributed by atoms with E-state index in [0.717, 1.165) is 44.5 Å². The third kappa shape index (κ3) is 5.82. The maximum absolute atomic E-state index is 12.5. The zero-order valence-electron chi connectivity index (χ0n) is 21.8. The summed E-state index contributed by atoms with van der Waals surface area (Å²) >= 11 is 13.2. The molecule has 0 N–H and O–H groups in total. The van der Waals surface area contributed by atoms with Crippen molar-refractivity contribution in [1.29, 1.82) is 0 Å². The van der Waals surface area contributed by atoms with Gasteiger partial charge in [-0.3, -0.25) is 4.39 Å². The van der Waals surface area contributed by atoms with Crippen molar-refractivity contribution in [2.24, 2.45) is 17.8 Å². The van der Waals surface area contributed by atoms with Gasteiger partial charge in [0.2, 0.25) is 0 Å². The van der Waals surface area contributed by atoms with Gasteiger partial charge in [-0.2, -0.15) is 0 Å². The summed E-state index contributed by atoms with van der Waals surface area (Å²) in [4.78, 5) is 2.36. The highest BCUT2D eigenvalue weighted by Crippen LogP contribution is 2.47. The molecule has 1 fully saturated rings. The average Bonchev–Trinajstić information content (AvgIpc) is 3.03. The molecule has 0 bridgehead atoms. The van der Waals surface area contributed by atoms with Crippen LogP contribution in [-0.4, -0.2) is 31.2 Å². The summed E-state index contributed by atoms with van der Waals surface area (Å²) in [7, 11) is 0. The number of halogens is 3. The third-order valence-electron chi connectivity index (χ3n) is 8.09. The maximum atomic E-state index is 12.5. The number of likely N-dealkylation sites (tertiary alicyclic amines) is 1. The van der Waals surface area contributed by atoms with Crippen LogP contribution in [0, 0.1) is 17.8 Å². The van der Waals surface area contributed by atoms with Crippen molar-refractivity contribution in [1.82, 2.24) is 4.90 Å². The summed E-state index contributed by atoms with van der Waals surface area (Å²) in [6.45, 7) is 7.46. The molecule has 1 aliphatic carbocycles. The van der Waals surface area contributed by atoms with Gasteiger partial charge in [0, 0.05) is 29.7 Å². The van der Waals surface area contributed by atoms with Crippen LogP contribution in [0.15, 0.2) is 66.7 Å². The second-order valence-electron chi connectivity index (χ2n) is 11.0. The summed E-state index contributed by atoms with van der Waals surface area (Å²) in [6.07, 6.45) is 3.86. The predicted octanol–water partition coefficient (Wildman–Crippen LogP) is 9.00. The lowest BCUT2D eigenvalue weighted by Crippen LogP contribution is -2.47. The summed E-state index contributed by atoms with van der Waals surface area (Å²) < 4.78 is 12.5. The summed E-state index contributed by atoms with van der Waals surface area (Å²) in [6, 6.07) is 24.0. The first kappa shape index (κ1) is 26.5. The molecule has 4 heteroatoms. The minimum Gasteiger partial charge on any atom is -0.303 e. The smallest absolute Gasteiger partial charge is 0.0906 e. The Morgan fingerprint density at radius 3 is 2.41 bits per heavy atom. The molecule has 1 atom stereocenters. The molecule has 1 aliphatic heterocycles. The normalized spacial score (nSPS) is 18.6. The summed E-state index contributed by atoms with van der Waals surface area (Å²) in [5.41, 5.74) is 9.02. The number of allylic oxidation sites excluding steroid dienone is 1. The number of benzene rings is 3. The number of nitrogens with zero attached hydrogens (tertiary/aromatic N) is 1. The lowest BCUT2D eigenvalue weighted by molar-refractivity contribution is 0.0968. The van der Waals surface area contributed by atoms with E-state index in [1.807, 2.05) is 12.1 Å². The van der Waals surface area contributed by atoms with Crippen LogP contribution < -0.4 is 0 Å². The van der Waals surface area contributed by atoms with Gasteiger partial charge in [-0.05, 0) is 94.5 Å². The van der Waals surface area contributed by atoms with Gasteiger partial charge in [0.15, 0.2) is 0 Å². The molecule has 0 amide bonds. The van der Waals surface area contributed by atoms with Gasteiger partial charge in [-0.1, -0.05) is 91.6 Å². The second kappa shape index (κ2) is 11.7. The van der Waals surface area contributed by atoms with Gasteiger partial charge in [0.05, 0.1) is 6.67 Å². The van der Waals surface area contributed by atoms with Crippen LogP contribution in [0.2, 0.25) is 10.0 Å². The van der Waals surface area contributed by atoms with Crippen molar-refractivity contribution in [2.45, 2.75) is 39.5 Å². The summed E-state index contributed by atoms with van der Waals surface area (Å²) in [5, 5.41) is 1.37. The van der Waals surface area contributed by atoms with E-state index >= 15 is 0 Å². The van der Waals surface area contributed by atoms with E-state index in [0.29, 0.717) is 34.2 Å². The highest BCUT2D eigenvalue weighted by Gasteiger charge is 2.30. The maximum Gasteiger partial charge on any atom is 0.0906 e. The SMILES string of the molecule is CC(C)C1CCc2ccccc2C(c2ccc(CC3CN(CCCF)C3)cc2)=C1c1ccc(Cl)cc1Cl. The third-order valence-corrected chi connectivity index (χ3v) is 8.63. The zero-order valence-corrected chi connectivity index (χ0v) is 23.3. The fourth-order valence-corrected chi connectivity index (χ4v) is 6.71. The second-order valence-corrected chi connectivity index (χ2v) is 11.9. The Labute approximate surface area is 231 Å². The molecule has 3 aromatic rings. The van der Waals surface area contributed by atoms with Gasteiger partial charge < -0.3 is 4.90 Å². The fraction of sp³-hybridized carbons (Fsp3) is 0.394. The van der Waals surface area contributed by atoms with Crippen LogP contribution in [0.5, 0.6) is 0 Å². The molecule has 1 nitrogen and oxygen atoms in total. The molecule has 37 heavy (non-hydrogen) atoms. The van der Waals surface area contributed by atoms with Crippen molar-refractivity contribution in [2.75, 3.05) is 26.3 Å². The lowest BCUT2D eigenvalue weighted by atomic mass is 9.78. The van der Waals surface area contributed by atoms with Gasteiger partial charge in [-0.25, -0.2) is 0 Å². The van der Waals surface area contributed by atoms with Crippen LogP contribution in [0.3, 0.4) is 0 Å². The zero-order chi connectivity index (χ0) is 25.9. The summed E-state index contributed by atoms with van der Waals surface area (Å²) in [5.74, 6) is 1.52. The topological polar surface area (TPSA) is 3.24 Å². The Kier molecular flexibility index (Phi) is 8.39. The van der Waals surface area contributed by atoms with Crippen molar-refractivity contribution < 1.29 is 4.39 Å². The lowest BCUT2D eigenvalue weighted by Gasteiger charge is -2.39. The highest BCUT2D eigenvalue weighted by molar-refractivity contribution is 6.36. The minimum absolute atomic E-state index is 0.220. The molecule has 0 spiro atoms. The van der Waals surface area contributed by atoms with Crippen molar-refractivity contribution >= 4 is 34.3 Å². The molecule has 1 saturated heterocycles. The Bertz CT molecular complexity index is 1260. The van der Waals surface area contributed by atoms with E-state index in [2.05, 4.69) is 73.3 Å². The van der Waals surface area contributed by atoms with E-state index in [1.165, 1.54) is 33.4 Å². The number of aryl methyl sites for hydroxylation is 1. The first-order valence-corrected chi connectivity index (χ1v) is 14.4. The monoisotopic (exact) mass is 535 g/mol. The Morgan fingerprint density at radius 2 is 1.70 bits per heavy atom. The number of fused-ring (bicyclic) bond motifs is 1. The largest absolute Gasteiger partial charge is 0.303 e. The van der Waals surface area contributed by atoms with Crippen molar-refractivity contribution in [3.05, 3.63) is 105 Å². The molecule has 0 radical (unpaired) electrons. The number of hydrogen-bond acceptors (Lipinski definition) is 1. The average molecular weight is 537 g/mol. The number of alkyl halides is 1. The number of rotatable bonds is 8. The Morgan fingerprint density at radius 1 is 0.946 bits per heavy atom. The van der Waals surface area contributed by atoms with E-state index in [-0.39, 0.29) is 6.67 Å². The molecule has 1 unspecified atom stereocenters. The Hall–Kier alpha value is -2.13. The van der Waals surface area contributed by atoms with E-state index in [1.54, 1.807) is 0 Å². The van der Waals surface area contributed by atoms with Crippen LogP contribution >= 0.6 is 23.2 Å². The minimum atomic E-state index is -0.220. The van der Waals surface area contributed by atoms with Gasteiger partial charge in [0.1, 0.15) is 0 Å². The molecule has 0 aromatic heterocycles. The van der Waals surface area contributed by atoms with Crippen molar-refractivity contribution in [3.8, 4) is 0 Å². The number of hydrogen-bond donors (Lipinski definition) is 0. The van der Waals surface area contributed by atoms with Gasteiger partial charge in [0.25, 0.3) is 0 Å². The van der Waals surface area contributed by atoms with Crippen molar-refractivity contribution in [3.63, 3.8) is 0 Å². The van der Waals surface area contributed by atoms with Crippen LogP contribution in [-0.2, 0) is 12.8 Å². The molecule has 2 aliphatic rings. The first-order chi connectivity index (χ1) is 17.9. The molecule has 1 heterocycles. The van der Waals surface area contributed by atoms with E-state index < -0.39 is 0 Å². The molecule has 194 valence electrons. The van der Waals surface area contributed by atoms with Crippen LogP contribution in [0.25, 0.3) is 11.1 Å². The molecule has 0 saturated carbocycles.